The number of hydrogen-bond donors (Lipinski definition) is 0. The van der Waals surface area contributed by atoms with Gasteiger partial charge in [-0.1, -0.05) is 37.1 Å². The molecule has 0 saturated heterocycles. The molecule has 0 unspecified atom stereocenters. The van der Waals surface area contributed by atoms with Crippen LogP contribution < -0.4 is 0 Å². The second kappa shape index (κ2) is 7.09. The third kappa shape index (κ3) is 3.70. The number of aryl methyl sites for hydroxylation is 1. The Hall–Kier alpha value is -1.94. The van der Waals surface area contributed by atoms with E-state index in [1.807, 2.05) is 29.2 Å². The molecule has 0 bridgehead atoms. The van der Waals surface area contributed by atoms with Gasteiger partial charge in [-0.05, 0) is 24.1 Å². The van der Waals surface area contributed by atoms with Crippen LogP contribution in [0.1, 0.15) is 47.2 Å². The number of benzene rings is 1. The molecule has 23 heavy (non-hydrogen) atoms. The lowest BCUT2D eigenvalue weighted by molar-refractivity contribution is 0.0724. The molecule has 1 aliphatic rings. The van der Waals surface area contributed by atoms with Crippen molar-refractivity contribution in [2.24, 2.45) is 0 Å². The normalized spacial score (nSPS) is 14.0. The number of carbonyl (C=O) groups excluding carboxylic acids is 1. The number of hydrogen-bond acceptors (Lipinski definition) is 3. The van der Waals surface area contributed by atoms with Gasteiger partial charge in [-0.3, -0.25) is 4.79 Å². The van der Waals surface area contributed by atoms with Crippen LogP contribution >= 0.6 is 11.6 Å². The average Bonchev–Trinajstić information content (AvgIpc) is 2.55. The summed E-state index contributed by atoms with van der Waals surface area (Å²) in [4.78, 5) is 23.4. The highest BCUT2D eigenvalue weighted by Gasteiger charge is 2.26. The predicted molar refractivity (Wildman–Crippen MR) is 90.5 cm³/mol. The van der Waals surface area contributed by atoms with Gasteiger partial charge in [-0.2, -0.15) is 0 Å². The number of nitrogens with zero attached hydrogens (tertiary/aromatic N) is 3. The first-order chi connectivity index (χ1) is 11.2. The Kier molecular flexibility index (Phi) is 4.91. The topological polar surface area (TPSA) is 46.1 Å². The number of carbonyl (C=O) groups is 1. The summed E-state index contributed by atoms with van der Waals surface area (Å²) in [6.45, 7) is 3.40. The van der Waals surface area contributed by atoms with Crippen LogP contribution in [0.3, 0.4) is 0 Å². The summed E-state index contributed by atoms with van der Waals surface area (Å²) < 4.78 is 0. The largest absolute Gasteiger partial charge is 0.334 e. The molecule has 1 aromatic heterocycles. The Morgan fingerprint density at radius 2 is 2.22 bits per heavy atom. The van der Waals surface area contributed by atoms with Crippen molar-refractivity contribution in [3.05, 3.63) is 58.1 Å². The fraction of sp³-hybridized carbons (Fsp3) is 0.389. The number of fused-ring (bicyclic) bond motifs is 1. The lowest BCUT2D eigenvalue weighted by Gasteiger charge is -2.28. The van der Waals surface area contributed by atoms with Crippen molar-refractivity contribution in [1.82, 2.24) is 14.9 Å². The minimum Gasteiger partial charge on any atom is -0.334 e. The van der Waals surface area contributed by atoms with Crippen molar-refractivity contribution >= 4 is 17.5 Å². The van der Waals surface area contributed by atoms with Crippen LogP contribution in [0.25, 0.3) is 0 Å². The van der Waals surface area contributed by atoms with Gasteiger partial charge in [0.1, 0.15) is 5.82 Å². The standard InChI is InChI=1S/C18H20ClN3O/c1-2-3-7-17-20-11-15-16(21-17)8-9-22(18(15)23)12-13-5-4-6-14(19)10-13/h4-6,10-11H,2-3,7-9,12H2,1H3. The molecule has 0 saturated carbocycles. The van der Waals surface area contributed by atoms with Crippen LogP contribution in [0.2, 0.25) is 5.02 Å². The van der Waals surface area contributed by atoms with E-state index in [0.29, 0.717) is 23.7 Å². The fourth-order valence-electron chi connectivity index (χ4n) is 2.80. The zero-order valence-electron chi connectivity index (χ0n) is 13.3. The maximum Gasteiger partial charge on any atom is 0.257 e. The van der Waals surface area contributed by atoms with Gasteiger partial charge >= 0.3 is 0 Å². The zero-order valence-corrected chi connectivity index (χ0v) is 14.0. The van der Waals surface area contributed by atoms with E-state index in [9.17, 15) is 4.79 Å². The minimum absolute atomic E-state index is 0.00765. The van der Waals surface area contributed by atoms with E-state index < -0.39 is 0 Å². The zero-order chi connectivity index (χ0) is 16.2. The number of amides is 1. The molecule has 0 atom stereocenters. The smallest absolute Gasteiger partial charge is 0.257 e. The quantitative estimate of drug-likeness (QED) is 0.840. The van der Waals surface area contributed by atoms with E-state index >= 15 is 0 Å². The van der Waals surface area contributed by atoms with Crippen LogP contribution in [0, 0.1) is 0 Å². The highest BCUT2D eigenvalue weighted by atomic mass is 35.5. The van der Waals surface area contributed by atoms with Gasteiger partial charge in [0.25, 0.3) is 5.91 Å². The molecule has 1 amide bonds. The maximum atomic E-state index is 12.6. The Morgan fingerprint density at radius 3 is 3.00 bits per heavy atom. The monoisotopic (exact) mass is 329 g/mol. The first kappa shape index (κ1) is 15.9. The Labute approximate surface area is 141 Å². The molecule has 1 aliphatic heterocycles. The van der Waals surface area contributed by atoms with Gasteiger partial charge in [0.05, 0.1) is 11.3 Å². The van der Waals surface area contributed by atoms with Crippen molar-refractivity contribution in [3.63, 3.8) is 0 Å². The second-order valence-corrected chi connectivity index (χ2v) is 6.29. The van der Waals surface area contributed by atoms with Gasteiger partial charge in [0.2, 0.25) is 0 Å². The fourth-order valence-corrected chi connectivity index (χ4v) is 3.02. The maximum absolute atomic E-state index is 12.6. The molecular weight excluding hydrogens is 310 g/mol. The van der Waals surface area contributed by atoms with Gasteiger partial charge in [-0.15, -0.1) is 0 Å². The summed E-state index contributed by atoms with van der Waals surface area (Å²) in [5.74, 6) is 0.856. The molecule has 0 fully saturated rings. The molecule has 0 radical (unpaired) electrons. The molecule has 0 spiro atoms. The summed E-state index contributed by atoms with van der Waals surface area (Å²) in [6.07, 6.45) is 5.55. The molecule has 3 rings (SSSR count). The van der Waals surface area contributed by atoms with Crippen molar-refractivity contribution in [3.8, 4) is 0 Å². The average molecular weight is 330 g/mol. The van der Waals surface area contributed by atoms with Gasteiger partial charge < -0.3 is 4.90 Å². The first-order valence-electron chi connectivity index (χ1n) is 8.06. The minimum atomic E-state index is 0.00765. The van der Waals surface area contributed by atoms with Crippen molar-refractivity contribution in [2.45, 2.75) is 39.2 Å². The van der Waals surface area contributed by atoms with Crippen LogP contribution in [-0.4, -0.2) is 27.3 Å². The van der Waals surface area contributed by atoms with Gasteiger partial charge in [0, 0.05) is 37.2 Å². The van der Waals surface area contributed by atoms with E-state index in [1.54, 1.807) is 6.20 Å². The summed E-state index contributed by atoms with van der Waals surface area (Å²) in [5.41, 5.74) is 2.56. The Morgan fingerprint density at radius 1 is 1.35 bits per heavy atom. The molecule has 4 nitrogen and oxygen atoms in total. The second-order valence-electron chi connectivity index (χ2n) is 5.86. The molecule has 2 heterocycles. The van der Waals surface area contributed by atoms with E-state index in [2.05, 4.69) is 16.9 Å². The highest BCUT2D eigenvalue weighted by molar-refractivity contribution is 6.30. The number of halogens is 1. The lowest BCUT2D eigenvalue weighted by atomic mass is 10.0. The third-order valence-corrected chi connectivity index (χ3v) is 4.31. The molecule has 0 N–H and O–H groups in total. The number of rotatable bonds is 5. The molecule has 2 aromatic rings. The highest BCUT2D eigenvalue weighted by Crippen LogP contribution is 2.20. The Bertz CT molecular complexity index is 717. The van der Waals surface area contributed by atoms with E-state index in [0.717, 1.165) is 42.8 Å². The lowest BCUT2D eigenvalue weighted by Crippen LogP contribution is -2.37. The third-order valence-electron chi connectivity index (χ3n) is 4.07. The molecule has 120 valence electrons. The summed E-state index contributed by atoms with van der Waals surface area (Å²) in [5, 5.41) is 0.691. The van der Waals surface area contributed by atoms with Gasteiger partial charge in [0.15, 0.2) is 0 Å². The predicted octanol–water partition coefficient (Wildman–Crippen LogP) is 3.67. The van der Waals surface area contributed by atoms with Crippen LogP contribution in [0.15, 0.2) is 30.5 Å². The first-order valence-corrected chi connectivity index (χ1v) is 8.43. The Balaban J connectivity index is 1.75. The van der Waals surface area contributed by atoms with E-state index in [-0.39, 0.29) is 5.91 Å². The van der Waals surface area contributed by atoms with Crippen LogP contribution in [0.4, 0.5) is 0 Å². The van der Waals surface area contributed by atoms with Crippen molar-refractivity contribution in [1.29, 1.82) is 0 Å². The van der Waals surface area contributed by atoms with Gasteiger partial charge in [-0.25, -0.2) is 9.97 Å². The number of aromatic nitrogens is 2. The summed E-state index contributed by atoms with van der Waals surface area (Å²) in [6, 6.07) is 7.63. The van der Waals surface area contributed by atoms with Crippen molar-refractivity contribution in [2.75, 3.05) is 6.54 Å². The van der Waals surface area contributed by atoms with E-state index in [1.165, 1.54) is 0 Å². The summed E-state index contributed by atoms with van der Waals surface area (Å²) in [7, 11) is 0. The molecule has 1 aromatic carbocycles. The van der Waals surface area contributed by atoms with E-state index in [4.69, 9.17) is 11.6 Å². The van der Waals surface area contributed by atoms with Crippen LogP contribution in [0.5, 0.6) is 0 Å². The van der Waals surface area contributed by atoms with Crippen molar-refractivity contribution < 1.29 is 4.79 Å². The molecular formula is C18H20ClN3O. The number of unbranched alkanes of at least 4 members (excludes halogenated alkanes) is 1. The molecule has 0 aliphatic carbocycles. The summed E-state index contributed by atoms with van der Waals surface area (Å²) >= 11 is 6.02. The molecule has 5 heteroatoms. The SMILES string of the molecule is CCCCc1ncc2c(n1)CCN(Cc1cccc(Cl)c1)C2=O. The van der Waals surface area contributed by atoms with Crippen LogP contribution in [-0.2, 0) is 19.4 Å².